The van der Waals surface area contributed by atoms with Gasteiger partial charge < -0.3 is 15.0 Å². The average Bonchev–Trinajstić information content (AvgIpc) is 3.20. The molecule has 2 aromatic rings. The molecule has 1 saturated heterocycles. The summed E-state index contributed by atoms with van der Waals surface area (Å²) in [4.78, 5) is 34.5. The van der Waals surface area contributed by atoms with E-state index in [0.29, 0.717) is 37.7 Å². The van der Waals surface area contributed by atoms with Gasteiger partial charge in [-0.1, -0.05) is 18.2 Å². The number of hydrogen-bond donors (Lipinski definition) is 1. The molecule has 1 fully saturated rings. The third-order valence-electron chi connectivity index (χ3n) is 6.59. The number of pyridine rings is 1. The predicted octanol–water partition coefficient (Wildman–Crippen LogP) is 3.47. The highest BCUT2D eigenvalue weighted by Crippen LogP contribution is 2.37. The minimum absolute atomic E-state index is 0.0182. The average molecular weight is 437 g/mol. The van der Waals surface area contributed by atoms with Crippen LogP contribution in [-0.4, -0.2) is 58.4 Å². The number of rotatable bonds is 2. The van der Waals surface area contributed by atoms with E-state index in [1.54, 1.807) is 13.1 Å². The number of amides is 2. The lowest BCUT2D eigenvalue weighted by Crippen LogP contribution is -2.53. The molecule has 0 saturated carbocycles. The number of carbonyl (C=O) groups excluding carboxylic acids is 2. The largest absolute Gasteiger partial charge is 0.490 e. The second-order valence-corrected chi connectivity index (χ2v) is 8.64. The van der Waals surface area contributed by atoms with Gasteiger partial charge in [0, 0.05) is 26.2 Å². The van der Waals surface area contributed by atoms with Gasteiger partial charge in [0.05, 0.1) is 17.9 Å². The van der Waals surface area contributed by atoms with Crippen molar-refractivity contribution >= 4 is 17.5 Å². The van der Waals surface area contributed by atoms with Crippen LogP contribution in [0, 0.1) is 0 Å². The second kappa shape index (κ2) is 10.1. The number of likely N-dealkylation sites (tertiary alicyclic amines) is 1. The van der Waals surface area contributed by atoms with Crippen molar-refractivity contribution in [2.45, 2.75) is 51.1 Å². The van der Waals surface area contributed by atoms with Crippen molar-refractivity contribution < 1.29 is 14.3 Å². The van der Waals surface area contributed by atoms with Crippen molar-refractivity contribution in [1.82, 2.24) is 14.8 Å². The fraction of sp³-hybridized carbons (Fsp3) is 0.480. The van der Waals surface area contributed by atoms with Crippen molar-refractivity contribution in [3.05, 3.63) is 54.4 Å². The number of hydrogen-bond acceptors (Lipinski definition) is 5. The van der Waals surface area contributed by atoms with Crippen LogP contribution >= 0.6 is 0 Å². The van der Waals surface area contributed by atoms with E-state index < -0.39 is 5.54 Å². The highest BCUT2D eigenvalue weighted by Gasteiger charge is 2.47. The van der Waals surface area contributed by atoms with Crippen molar-refractivity contribution in [2.75, 3.05) is 31.6 Å². The standard InChI is InChI=1S/C25H32N4O3/c1-20(30)28-15-7-5-12-25(13-8-16-29(25)19-21-9-4-6-14-26-21)24(31)27-22-10-2-3-11-23(22)32-18-17-28/h2-4,6,9-11,14H,5,7-8,12-13,15-19H2,1H3,(H,27,31)/t25-/m1/s1. The summed E-state index contributed by atoms with van der Waals surface area (Å²) in [6.07, 6.45) is 6.06. The van der Waals surface area contributed by atoms with E-state index in [-0.39, 0.29) is 11.8 Å². The first-order valence-corrected chi connectivity index (χ1v) is 11.5. The van der Waals surface area contributed by atoms with Gasteiger partial charge in [-0.15, -0.1) is 0 Å². The van der Waals surface area contributed by atoms with E-state index in [0.717, 1.165) is 44.3 Å². The molecule has 2 aliphatic heterocycles. The third kappa shape index (κ3) is 4.93. The lowest BCUT2D eigenvalue weighted by Gasteiger charge is -2.37. The Morgan fingerprint density at radius 2 is 1.88 bits per heavy atom. The number of benzene rings is 1. The van der Waals surface area contributed by atoms with E-state index in [4.69, 9.17) is 4.74 Å². The summed E-state index contributed by atoms with van der Waals surface area (Å²) < 4.78 is 5.97. The van der Waals surface area contributed by atoms with E-state index >= 15 is 0 Å². The quantitative estimate of drug-likeness (QED) is 0.780. The highest BCUT2D eigenvalue weighted by atomic mass is 16.5. The van der Waals surface area contributed by atoms with Gasteiger partial charge in [-0.25, -0.2) is 0 Å². The molecule has 2 aliphatic rings. The molecule has 7 heteroatoms. The molecule has 3 heterocycles. The van der Waals surface area contributed by atoms with Gasteiger partial charge in [-0.3, -0.25) is 19.5 Å². The molecule has 32 heavy (non-hydrogen) atoms. The van der Waals surface area contributed by atoms with Crippen molar-refractivity contribution in [2.24, 2.45) is 0 Å². The second-order valence-electron chi connectivity index (χ2n) is 8.64. The topological polar surface area (TPSA) is 74.8 Å². The Balaban J connectivity index is 1.63. The molecular formula is C25H32N4O3. The van der Waals surface area contributed by atoms with Gasteiger partial charge >= 0.3 is 0 Å². The van der Waals surface area contributed by atoms with E-state index in [1.165, 1.54) is 0 Å². The molecule has 1 aromatic heterocycles. The number of anilines is 1. The van der Waals surface area contributed by atoms with Gasteiger partial charge in [-0.05, 0) is 62.9 Å². The molecule has 0 unspecified atom stereocenters. The fourth-order valence-electron chi connectivity index (χ4n) is 4.85. The zero-order valence-corrected chi connectivity index (χ0v) is 18.8. The first-order valence-electron chi connectivity index (χ1n) is 11.5. The Labute approximate surface area is 189 Å². The van der Waals surface area contributed by atoms with Crippen LogP contribution in [0.3, 0.4) is 0 Å². The number of nitrogens with zero attached hydrogens (tertiary/aromatic N) is 3. The molecule has 4 rings (SSSR count). The molecule has 0 aliphatic carbocycles. The van der Waals surface area contributed by atoms with Gasteiger partial charge in [0.25, 0.3) is 0 Å². The van der Waals surface area contributed by atoms with Crippen molar-refractivity contribution in [3.8, 4) is 5.75 Å². The summed E-state index contributed by atoms with van der Waals surface area (Å²) in [6.45, 7) is 4.72. The maximum atomic E-state index is 13.8. The molecule has 7 nitrogen and oxygen atoms in total. The van der Waals surface area contributed by atoms with Gasteiger partial charge in [-0.2, -0.15) is 0 Å². The lowest BCUT2D eigenvalue weighted by molar-refractivity contribution is -0.130. The van der Waals surface area contributed by atoms with Crippen LogP contribution in [0.4, 0.5) is 5.69 Å². The zero-order chi connectivity index (χ0) is 22.4. The molecule has 1 atom stereocenters. The lowest BCUT2D eigenvalue weighted by atomic mass is 9.88. The summed E-state index contributed by atoms with van der Waals surface area (Å²) in [7, 11) is 0. The summed E-state index contributed by atoms with van der Waals surface area (Å²) >= 11 is 0. The summed E-state index contributed by atoms with van der Waals surface area (Å²) in [6, 6.07) is 13.4. The van der Waals surface area contributed by atoms with Crippen LogP contribution in [0.2, 0.25) is 0 Å². The molecular weight excluding hydrogens is 404 g/mol. The van der Waals surface area contributed by atoms with Gasteiger partial charge in [0.1, 0.15) is 17.9 Å². The Kier molecular flexibility index (Phi) is 7.05. The number of carbonyl (C=O) groups is 2. The van der Waals surface area contributed by atoms with E-state index in [2.05, 4.69) is 15.2 Å². The number of nitrogens with one attached hydrogen (secondary N) is 1. The number of fused-ring (bicyclic) bond motifs is 1. The van der Waals surface area contributed by atoms with Crippen LogP contribution in [-0.2, 0) is 16.1 Å². The summed E-state index contributed by atoms with van der Waals surface area (Å²) in [5.41, 5.74) is 1.05. The Morgan fingerprint density at radius 1 is 1.06 bits per heavy atom. The molecule has 0 radical (unpaired) electrons. The third-order valence-corrected chi connectivity index (χ3v) is 6.59. The molecule has 2 amide bonds. The van der Waals surface area contributed by atoms with Crippen LogP contribution in [0.1, 0.15) is 44.7 Å². The summed E-state index contributed by atoms with van der Waals surface area (Å²) in [5, 5.41) is 3.17. The normalized spacial score (nSPS) is 22.8. The smallest absolute Gasteiger partial charge is 0.245 e. The van der Waals surface area contributed by atoms with Gasteiger partial charge in [0.2, 0.25) is 11.8 Å². The van der Waals surface area contributed by atoms with Crippen LogP contribution in [0.25, 0.3) is 0 Å². The fourth-order valence-corrected chi connectivity index (χ4v) is 4.85. The Bertz CT molecular complexity index is 936. The van der Waals surface area contributed by atoms with Crippen LogP contribution in [0.15, 0.2) is 48.7 Å². The maximum absolute atomic E-state index is 13.8. The molecule has 1 N–H and O–H groups in total. The molecule has 1 aromatic carbocycles. The first-order chi connectivity index (χ1) is 15.6. The Hall–Kier alpha value is -2.93. The van der Waals surface area contributed by atoms with Crippen molar-refractivity contribution in [1.29, 1.82) is 0 Å². The van der Waals surface area contributed by atoms with Crippen molar-refractivity contribution in [3.63, 3.8) is 0 Å². The van der Waals surface area contributed by atoms with Crippen LogP contribution in [0.5, 0.6) is 5.75 Å². The number of ether oxygens (including phenoxy) is 1. The highest BCUT2D eigenvalue weighted by molar-refractivity contribution is 5.99. The summed E-state index contributed by atoms with van der Waals surface area (Å²) in [5.74, 6) is 0.705. The Morgan fingerprint density at radius 3 is 2.69 bits per heavy atom. The zero-order valence-electron chi connectivity index (χ0n) is 18.8. The number of para-hydroxylation sites is 2. The molecule has 170 valence electrons. The molecule has 1 spiro atoms. The maximum Gasteiger partial charge on any atom is 0.245 e. The van der Waals surface area contributed by atoms with Gasteiger partial charge in [0.15, 0.2) is 0 Å². The molecule has 0 bridgehead atoms. The number of aromatic nitrogens is 1. The minimum Gasteiger partial charge on any atom is -0.490 e. The minimum atomic E-state index is -0.597. The van der Waals surface area contributed by atoms with E-state index in [1.807, 2.05) is 47.4 Å². The first kappa shape index (κ1) is 22.3. The predicted molar refractivity (Wildman–Crippen MR) is 123 cm³/mol. The van der Waals surface area contributed by atoms with Crippen LogP contribution < -0.4 is 10.1 Å². The van der Waals surface area contributed by atoms with E-state index in [9.17, 15) is 9.59 Å². The monoisotopic (exact) mass is 436 g/mol. The SMILES string of the molecule is CC(=O)N1CCCC[C@@]2(CCCN2Cc2ccccn2)C(=O)Nc2ccccc2OCC1.